The van der Waals surface area contributed by atoms with E-state index < -0.39 is 6.10 Å². The molecule has 1 aromatic rings. The topological polar surface area (TPSA) is 96.9 Å². The van der Waals surface area contributed by atoms with E-state index >= 15 is 0 Å². The number of amidine groups is 1. The first-order chi connectivity index (χ1) is 8.49. The van der Waals surface area contributed by atoms with Crippen molar-refractivity contribution < 1.29 is 14.7 Å². The highest BCUT2D eigenvalue weighted by Crippen LogP contribution is 2.21. The largest absolute Gasteiger partial charge is 0.409 e. The van der Waals surface area contributed by atoms with Crippen molar-refractivity contribution in [3.05, 3.63) is 28.2 Å². The molecule has 0 spiro atoms. The lowest BCUT2D eigenvalue weighted by Crippen LogP contribution is -2.28. The first kappa shape index (κ1) is 14.5. The predicted octanol–water partition coefficient (Wildman–Crippen LogP) is 1.52. The molecule has 0 fully saturated rings. The average Bonchev–Trinajstić information content (AvgIpc) is 2.38. The van der Waals surface area contributed by atoms with Crippen molar-refractivity contribution in [1.82, 2.24) is 0 Å². The normalized spacial score (nSPS) is 13.2. The number of rotatable bonds is 4. The fraction of sp³-hybridized carbons (Fsp3) is 0.273. The smallest absolute Gasteiger partial charge is 0.253 e. The minimum atomic E-state index is -0.589. The molecule has 98 valence electrons. The van der Waals surface area contributed by atoms with Crippen LogP contribution < -0.4 is 11.1 Å². The molecule has 0 bridgehead atoms. The Morgan fingerprint density at radius 1 is 1.61 bits per heavy atom. The Kier molecular flexibility index (Phi) is 5.11. The summed E-state index contributed by atoms with van der Waals surface area (Å²) in [5, 5.41) is 14.3. The summed E-state index contributed by atoms with van der Waals surface area (Å²) < 4.78 is 5.65. The minimum Gasteiger partial charge on any atom is -0.409 e. The number of oxime groups is 1. The Morgan fingerprint density at radius 3 is 2.83 bits per heavy atom. The molecule has 0 heterocycles. The van der Waals surface area contributed by atoms with Gasteiger partial charge in [0.05, 0.1) is 5.69 Å². The highest BCUT2D eigenvalue weighted by molar-refractivity contribution is 9.10. The van der Waals surface area contributed by atoms with Crippen LogP contribution in [0.4, 0.5) is 5.69 Å². The number of amides is 1. The SMILES string of the molecule is COC(C)C(=O)Nc1ccc(Br)cc1/C(N)=N/O. The number of anilines is 1. The van der Waals surface area contributed by atoms with Crippen molar-refractivity contribution in [1.29, 1.82) is 0 Å². The zero-order chi connectivity index (χ0) is 13.7. The maximum Gasteiger partial charge on any atom is 0.253 e. The van der Waals surface area contributed by atoms with E-state index in [0.29, 0.717) is 11.3 Å². The summed E-state index contributed by atoms with van der Waals surface area (Å²) in [5.41, 5.74) is 6.41. The summed E-state index contributed by atoms with van der Waals surface area (Å²) >= 11 is 3.27. The van der Waals surface area contributed by atoms with E-state index in [-0.39, 0.29) is 11.7 Å². The molecule has 0 aliphatic heterocycles. The standard InChI is InChI=1S/C11H14BrN3O3/c1-6(18-2)11(16)14-9-4-3-7(12)5-8(9)10(13)15-17/h3-6,17H,1-2H3,(H2,13,15)(H,14,16). The highest BCUT2D eigenvalue weighted by atomic mass is 79.9. The Morgan fingerprint density at radius 2 is 2.28 bits per heavy atom. The van der Waals surface area contributed by atoms with Gasteiger partial charge in [0.15, 0.2) is 5.84 Å². The van der Waals surface area contributed by atoms with Crippen molar-refractivity contribution in [2.24, 2.45) is 10.9 Å². The molecule has 1 aromatic carbocycles. The monoisotopic (exact) mass is 315 g/mol. The third-order valence-corrected chi connectivity index (χ3v) is 2.84. The summed E-state index contributed by atoms with van der Waals surface area (Å²) in [6.07, 6.45) is -0.589. The molecule has 1 unspecified atom stereocenters. The van der Waals surface area contributed by atoms with Crippen LogP contribution in [0.15, 0.2) is 27.8 Å². The van der Waals surface area contributed by atoms with Crippen LogP contribution in [0.5, 0.6) is 0 Å². The molecular formula is C11H14BrN3O3. The van der Waals surface area contributed by atoms with Gasteiger partial charge in [-0.1, -0.05) is 21.1 Å². The molecule has 0 saturated carbocycles. The van der Waals surface area contributed by atoms with Crippen molar-refractivity contribution in [3.63, 3.8) is 0 Å². The molecule has 0 aliphatic rings. The van der Waals surface area contributed by atoms with E-state index in [1.54, 1.807) is 25.1 Å². The maximum atomic E-state index is 11.7. The fourth-order valence-electron chi connectivity index (χ4n) is 1.23. The van der Waals surface area contributed by atoms with Crippen molar-refractivity contribution in [2.75, 3.05) is 12.4 Å². The number of methoxy groups -OCH3 is 1. The van der Waals surface area contributed by atoms with Crippen LogP contribution in [0.25, 0.3) is 0 Å². The van der Waals surface area contributed by atoms with Gasteiger partial charge >= 0.3 is 0 Å². The Bertz CT molecular complexity index is 477. The summed E-state index contributed by atoms with van der Waals surface area (Å²) in [5.74, 6) is -0.400. The summed E-state index contributed by atoms with van der Waals surface area (Å²) in [4.78, 5) is 11.7. The number of nitrogens with one attached hydrogen (secondary N) is 1. The fourth-order valence-corrected chi connectivity index (χ4v) is 1.59. The predicted molar refractivity (Wildman–Crippen MR) is 71.8 cm³/mol. The number of nitrogens with zero attached hydrogens (tertiary/aromatic N) is 1. The van der Waals surface area contributed by atoms with Gasteiger partial charge in [0.2, 0.25) is 0 Å². The molecule has 0 aliphatic carbocycles. The van der Waals surface area contributed by atoms with Gasteiger partial charge in [-0.05, 0) is 25.1 Å². The maximum absolute atomic E-state index is 11.7. The lowest BCUT2D eigenvalue weighted by Gasteiger charge is -2.13. The van der Waals surface area contributed by atoms with Gasteiger partial charge in [-0.25, -0.2) is 0 Å². The van der Waals surface area contributed by atoms with Gasteiger partial charge in [-0.2, -0.15) is 0 Å². The van der Waals surface area contributed by atoms with Crippen LogP contribution in [0, 0.1) is 0 Å². The molecule has 1 rings (SSSR count). The first-order valence-electron chi connectivity index (χ1n) is 5.10. The van der Waals surface area contributed by atoms with Crippen molar-refractivity contribution in [2.45, 2.75) is 13.0 Å². The zero-order valence-electron chi connectivity index (χ0n) is 9.98. The van der Waals surface area contributed by atoms with Gasteiger partial charge in [-0.15, -0.1) is 0 Å². The molecule has 1 atom stereocenters. The Labute approximate surface area is 113 Å². The van der Waals surface area contributed by atoms with Gasteiger partial charge in [0, 0.05) is 17.1 Å². The number of halogens is 1. The van der Waals surface area contributed by atoms with Gasteiger partial charge in [-0.3, -0.25) is 4.79 Å². The summed E-state index contributed by atoms with van der Waals surface area (Å²) in [6, 6.07) is 5.03. The van der Waals surface area contributed by atoms with E-state index in [1.165, 1.54) is 7.11 Å². The van der Waals surface area contributed by atoms with Crippen molar-refractivity contribution in [3.8, 4) is 0 Å². The Hall–Kier alpha value is -1.60. The second kappa shape index (κ2) is 6.36. The van der Waals surface area contributed by atoms with Crippen LogP contribution in [-0.4, -0.2) is 30.2 Å². The number of nitrogens with two attached hydrogens (primary N) is 1. The second-order valence-electron chi connectivity index (χ2n) is 3.54. The highest BCUT2D eigenvalue weighted by Gasteiger charge is 2.15. The third kappa shape index (κ3) is 3.44. The lowest BCUT2D eigenvalue weighted by molar-refractivity contribution is -0.124. The summed E-state index contributed by atoms with van der Waals surface area (Å²) in [6.45, 7) is 1.62. The Balaban J connectivity index is 3.06. The molecule has 18 heavy (non-hydrogen) atoms. The quantitative estimate of drug-likeness (QED) is 0.339. The number of ether oxygens (including phenoxy) is 1. The van der Waals surface area contributed by atoms with Crippen molar-refractivity contribution >= 4 is 33.4 Å². The molecule has 1 amide bonds. The molecule has 0 aromatic heterocycles. The third-order valence-electron chi connectivity index (χ3n) is 2.35. The minimum absolute atomic E-state index is 0.0864. The lowest BCUT2D eigenvalue weighted by atomic mass is 10.1. The number of benzene rings is 1. The van der Waals surface area contributed by atoms with E-state index in [2.05, 4.69) is 26.4 Å². The van der Waals surface area contributed by atoms with Crippen LogP contribution in [0.3, 0.4) is 0 Å². The molecule has 0 saturated heterocycles. The number of carbonyl (C=O) groups is 1. The molecule has 6 nitrogen and oxygen atoms in total. The first-order valence-corrected chi connectivity index (χ1v) is 5.90. The van der Waals surface area contributed by atoms with E-state index in [1.807, 2.05) is 0 Å². The molecule has 0 radical (unpaired) electrons. The van der Waals surface area contributed by atoms with Gasteiger partial charge < -0.3 is 21.0 Å². The van der Waals surface area contributed by atoms with Crippen LogP contribution >= 0.6 is 15.9 Å². The van der Waals surface area contributed by atoms with E-state index in [0.717, 1.165) is 4.47 Å². The molecular weight excluding hydrogens is 302 g/mol. The van der Waals surface area contributed by atoms with Crippen LogP contribution in [0.2, 0.25) is 0 Å². The van der Waals surface area contributed by atoms with Crippen LogP contribution in [-0.2, 0) is 9.53 Å². The van der Waals surface area contributed by atoms with E-state index in [9.17, 15) is 4.79 Å². The van der Waals surface area contributed by atoms with Gasteiger partial charge in [0.1, 0.15) is 6.10 Å². The number of carbonyl (C=O) groups excluding carboxylic acids is 1. The number of hydrogen-bond donors (Lipinski definition) is 3. The molecule has 4 N–H and O–H groups in total. The van der Waals surface area contributed by atoms with Gasteiger partial charge in [0.25, 0.3) is 5.91 Å². The summed E-state index contributed by atoms with van der Waals surface area (Å²) in [7, 11) is 1.44. The molecule has 7 heteroatoms. The zero-order valence-corrected chi connectivity index (χ0v) is 11.6. The average molecular weight is 316 g/mol. The van der Waals surface area contributed by atoms with E-state index in [4.69, 9.17) is 15.7 Å². The number of hydrogen-bond acceptors (Lipinski definition) is 4. The van der Waals surface area contributed by atoms with Crippen LogP contribution in [0.1, 0.15) is 12.5 Å². The second-order valence-corrected chi connectivity index (χ2v) is 4.46.